The van der Waals surface area contributed by atoms with Crippen molar-refractivity contribution in [3.05, 3.63) is 18.0 Å². The normalized spacial score (nSPS) is 20.9. The van der Waals surface area contributed by atoms with Gasteiger partial charge in [-0.2, -0.15) is 5.10 Å². The van der Waals surface area contributed by atoms with E-state index in [2.05, 4.69) is 37.4 Å². The van der Waals surface area contributed by atoms with Crippen LogP contribution in [-0.4, -0.2) is 40.2 Å². The number of likely N-dealkylation sites (N-methyl/N-ethyl adjacent to an activating group) is 1. The Kier molecular flexibility index (Phi) is 3.94. The largest absolute Gasteiger partial charge is 0.344 e. The number of carbonyl (C=O) groups excluding carboxylic acids is 1. The number of hydrogen-bond acceptors (Lipinski definition) is 3. The first-order chi connectivity index (χ1) is 8.86. The number of carbonyl (C=O) groups is 1. The van der Waals surface area contributed by atoms with Crippen molar-refractivity contribution < 1.29 is 4.79 Å². The molecule has 1 amide bonds. The summed E-state index contributed by atoms with van der Waals surface area (Å²) in [5.74, 6) is 0.249. The number of piperidine rings is 1. The highest BCUT2D eigenvalue weighted by Gasteiger charge is 2.22. The molecule has 1 N–H and O–H groups in total. The molecule has 1 aromatic rings. The molecule has 1 aliphatic rings. The fourth-order valence-electron chi connectivity index (χ4n) is 2.26. The van der Waals surface area contributed by atoms with E-state index in [4.69, 9.17) is 0 Å². The lowest BCUT2D eigenvalue weighted by atomic mass is 10.1. The van der Waals surface area contributed by atoms with Crippen LogP contribution in [0, 0.1) is 0 Å². The molecule has 0 aliphatic carbocycles. The summed E-state index contributed by atoms with van der Waals surface area (Å²) < 4.78 is 1.99. The van der Waals surface area contributed by atoms with Gasteiger partial charge in [0.25, 0.3) is 0 Å². The Morgan fingerprint density at radius 2 is 2.21 bits per heavy atom. The highest BCUT2D eigenvalue weighted by Crippen LogP contribution is 2.14. The monoisotopic (exact) mass is 264 g/mol. The third-order valence-electron chi connectivity index (χ3n) is 3.54. The van der Waals surface area contributed by atoms with Crippen LogP contribution in [0.25, 0.3) is 0 Å². The topological polar surface area (TPSA) is 50.2 Å². The fourth-order valence-corrected chi connectivity index (χ4v) is 2.26. The van der Waals surface area contributed by atoms with Crippen LogP contribution in [0.4, 0.5) is 0 Å². The predicted molar refractivity (Wildman–Crippen MR) is 74.7 cm³/mol. The molecule has 5 heteroatoms. The van der Waals surface area contributed by atoms with Crippen molar-refractivity contribution in [2.24, 2.45) is 0 Å². The predicted octanol–water partition coefficient (Wildman–Crippen LogP) is 1.35. The number of likely N-dealkylation sites (tertiary alicyclic amines) is 1. The summed E-state index contributed by atoms with van der Waals surface area (Å²) in [6.07, 6.45) is 5.58. The number of aromatic nitrogens is 2. The summed E-state index contributed by atoms with van der Waals surface area (Å²) in [7, 11) is 1.87. The van der Waals surface area contributed by atoms with Crippen molar-refractivity contribution in [2.45, 2.75) is 51.7 Å². The van der Waals surface area contributed by atoms with E-state index in [0.29, 0.717) is 12.5 Å². The van der Waals surface area contributed by atoms with Crippen LogP contribution < -0.4 is 5.32 Å². The molecule has 106 valence electrons. The molecule has 0 radical (unpaired) electrons. The molecule has 1 unspecified atom stereocenters. The van der Waals surface area contributed by atoms with Gasteiger partial charge in [-0.1, -0.05) is 0 Å². The van der Waals surface area contributed by atoms with Gasteiger partial charge in [0.2, 0.25) is 5.91 Å². The summed E-state index contributed by atoms with van der Waals surface area (Å²) in [4.78, 5) is 13.2. The zero-order valence-electron chi connectivity index (χ0n) is 12.3. The maximum Gasteiger partial charge on any atom is 0.222 e. The molecule has 0 saturated carbocycles. The molecule has 1 saturated heterocycles. The van der Waals surface area contributed by atoms with Gasteiger partial charge in [0.1, 0.15) is 0 Å². The first-order valence-electron chi connectivity index (χ1n) is 6.87. The third-order valence-corrected chi connectivity index (χ3v) is 3.54. The minimum atomic E-state index is 0.0235. The van der Waals surface area contributed by atoms with Crippen molar-refractivity contribution in [3.8, 4) is 0 Å². The average Bonchev–Trinajstić information content (AvgIpc) is 2.79. The van der Waals surface area contributed by atoms with Crippen LogP contribution in [0.5, 0.6) is 0 Å². The number of hydrogen-bond donors (Lipinski definition) is 1. The Bertz CT molecular complexity index is 447. The Morgan fingerprint density at radius 3 is 2.79 bits per heavy atom. The Hall–Kier alpha value is -1.36. The molecule has 1 aliphatic heterocycles. The molecule has 0 spiro atoms. The van der Waals surface area contributed by atoms with Crippen LogP contribution in [0.1, 0.15) is 39.2 Å². The van der Waals surface area contributed by atoms with E-state index in [1.54, 1.807) is 4.90 Å². The van der Waals surface area contributed by atoms with Crippen LogP contribution in [0.15, 0.2) is 12.4 Å². The molecule has 19 heavy (non-hydrogen) atoms. The molecule has 1 atom stereocenters. The van der Waals surface area contributed by atoms with Gasteiger partial charge in [0.05, 0.1) is 11.7 Å². The summed E-state index contributed by atoms with van der Waals surface area (Å²) in [6.45, 7) is 8.02. The molecule has 1 aromatic heterocycles. The lowest BCUT2D eigenvalue weighted by Gasteiger charge is -2.30. The highest BCUT2D eigenvalue weighted by atomic mass is 16.2. The van der Waals surface area contributed by atoms with Crippen molar-refractivity contribution in [2.75, 3.05) is 13.6 Å². The first kappa shape index (κ1) is 14.1. The van der Waals surface area contributed by atoms with E-state index in [9.17, 15) is 4.79 Å². The molecule has 2 rings (SSSR count). The quantitative estimate of drug-likeness (QED) is 0.896. The standard InChI is InChI=1S/C14H24N4O/c1-14(2,3)18-9-11(8-16-18)7-15-12-5-6-13(19)17(4)10-12/h8-9,12,15H,5-7,10H2,1-4H3. The van der Waals surface area contributed by atoms with Gasteiger partial charge < -0.3 is 10.2 Å². The van der Waals surface area contributed by atoms with Crippen molar-refractivity contribution in [3.63, 3.8) is 0 Å². The second-order valence-electron chi connectivity index (χ2n) is 6.35. The molecular formula is C14H24N4O. The van der Waals surface area contributed by atoms with E-state index >= 15 is 0 Å². The van der Waals surface area contributed by atoms with Gasteiger partial charge in [-0.05, 0) is 27.2 Å². The van der Waals surface area contributed by atoms with Crippen LogP contribution in [0.3, 0.4) is 0 Å². The van der Waals surface area contributed by atoms with Gasteiger partial charge in [-0.3, -0.25) is 9.48 Å². The van der Waals surface area contributed by atoms with Crippen molar-refractivity contribution >= 4 is 5.91 Å². The molecule has 0 aromatic carbocycles. The van der Waals surface area contributed by atoms with E-state index in [1.807, 2.05) is 17.9 Å². The zero-order chi connectivity index (χ0) is 14.0. The lowest BCUT2D eigenvalue weighted by molar-refractivity contribution is -0.132. The third kappa shape index (κ3) is 3.56. The Labute approximate surface area is 115 Å². The van der Waals surface area contributed by atoms with E-state index in [0.717, 1.165) is 19.5 Å². The SMILES string of the molecule is CN1CC(NCc2cnn(C(C)(C)C)c2)CCC1=O. The Balaban J connectivity index is 1.86. The van der Waals surface area contributed by atoms with Crippen LogP contribution >= 0.6 is 0 Å². The fraction of sp³-hybridized carbons (Fsp3) is 0.714. The Morgan fingerprint density at radius 1 is 1.47 bits per heavy atom. The van der Waals surface area contributed by atoms with E-state index in [1.165, 1.54) is 5.56 Å². The minimum Gasteiger partial charge on any atom is -0.344 e. The van der Waals surface area contributed by atoms with Crippen molar-refractivity contribution in [1.29, 1.82) is 0 Å². The summed E-state index contributed by atoms with van der Waals surface area (Å²) in [5, 5.41) is 7.90. The molecular weight excluding hydrogens is 240 g/mol. The second kappa shape index (κ2) is 5.33. The zero-order valence-corrected chi connectivity index (χ0v) is 12.3. The smallest absolute Gasteiger partial charge is 0.222 e. The van der Waals surface area contributed by atoms with Gasteiger partial charge in [-0.15, -0.1) is 0 Å². The number of amides is 1. The highest BCUT2D eigenvalue weighted by molar-refractivity contribution is 5.76. The van der Waals surface area contributed by atoms with Crippen molar-refractivity contribution in [1.82, 2.24) is 20.0 Å². The van der Waals surface area contributed by atoms with Gasteiger partial charge in [0.15, 0.2) is 0 Å². The van der Waals surface area contributed by atoms with E-state index in [-0.39, 0.29) is 11.4 Å². The summed E-state index contributed by atoms with van der Waals surface area (Å²) >= 11 is 0. The molecule has 2 heterocycles. The summed E-state index contributed by atoms with van der Waals surface area (Å²) in [6, 6.07) is 0.390. The molecule has 5 nitrogen and oxygen atoms in total. The van der Waals surface area contributed by atoms with Gasteiger partial charge in [0, 0.05) is 44.4 Å². The average molecular weight is 264 g/mol. The van der Waals surface area contributed by atoms with Crippen LogP contribution in [-0.2, 0) is 16.9 Å². The first-order valence-corrected chi connectivity index (χ1v) is 6.87. The molecule has 0 bridgehead atoms. The summed E-state index contributed by atoms with van der Waals surface area (Å²) in [5.41, 5.74) is 1.21. The van der Waals surface area contributed by atoms with E-state index < -0.39 is 0 Å². The number of nitrogens with zero attached hydrogens (tertiary/aromatic N) is 3. The molecule has 1 fully saturated rings. The second-order valence-corrected chi connectivity index (χ2v) is 6.35. The van der Waals surface area contributed by atoms with Crippen LogP contribution in [0.2, 0.25) is 0 Å². The minimum absolute atomic E-state index is 0.0235. The van der Waals surface area contributed by atoms with Gasteiger partial charge >= 0.3 is 0 Å². The lowest BCUT2D eigenvalue weighted by Crippen LogP contribution is -2.46. The number of nitrogens with one attached hydrogen (secondary N) is 1. The van der Waals surface area contributed by atoms with Gasteiger partial charge in [-0.25, -0.2) is 0 Å². The number of rotatable bonds is 3. The maximum absolute atomic E-state index is 11.4. The maximum atomic E-state index is 11.4.